The first-order valence-electron chi connectivity index (χ1n) is 7.23. The fourth-order valence-electron chi connectivity index (χ4n) is 1.96. The number of hydrogen-bond donors (Lipinski definition) is 2. The fourth-order valence-corrected chi connectivity index (χ4v) is 3.32. The van der Waals surface area contributed by atoms with Crippen LogP contribution in [0.2, 0.25) is 0 Å². The van der Waals surface area contributed by atoms with Gasteiger partial charge in [0.1, 0.15) is 0 Å². The van der Waals surface area contributed by atoms with Gasteiger partial charge >= 0.3 is 0 Å². The number of aryl methyl sites for hydroxylation is 2. The van der Waals surface area contributed by atoms with E-state index in [1.807, 2.05) is 20.0 Å². The van der Waals surface area contributed by atoms with Crippen LogP contribution in [-0.2, 0) is 14.8 Å². The van der Waals surface area contributed by atoms with Gasteiger partial charge in [0.05, 0.1) is 4.90 Å². The zero-order valence-corrected chi connectivity index (χ0v) is 14.5. The van der Waals surface area contributed by atoms with Crippen molar-refractivity contribution in [3.05, 3.63) is 29.3 Å². The molecule has 0 aliphatic rings. The van der Waals surface area contributed by atoms with Crippen molar-refractivity contribution in [1.82, 2.24) is 14.9 Å². The first kappa shape index (κ1) is 18.6. The molecule has 1 rings (SSSR count). The van der Waals surface area contributed by atoms with Crippen molar-refractivity contribution in [3.63, 3.8) is 0 Å². The summed E-state index contributed by atoms with van der Waals surface area (Å²) >= 11 is 0. The Morgan fingerprint density at radius 2 is 1.91 bits per heavy atom. The minimum absolute atomic E-state index is 0.0843. The van der Waals surface area contributed by atoms with Gasteiger partial charge in [-0.3, -0.25) is 4.79 Å². The van der Waals surface area contributed by atoms with E-state index in [-0.39, 0.29) is 23.8 Å². The quantitative estimate of drug-likeness (QED) is 0.735. The van der Waals surface area contributed by atoms with Crippen molar-refractivity contribution in [2.24, 2.45) is 0 Å². The highest BCUT2D eigenvalue weighted by Gasteiger charge is 2.17. The molecule has 1 aromatic rings. The molecule has 0 aliphatic heterocycles. The summed E-state index contributed by atoms with van der Waals surface area (Å²) in [5.41, 5.74) is 1.57. The molecule has 1 aromatic carbocycles. The molecule has 7 heteroatoms. The van der Waals surface area contributed by atoms with Crippen LogP contribution in [0.5, 0.6) is 0 Å². The fraction of sp³-hybridized carbons (Fsp3) is 0.533. The zero-order chi connectivity index (χ0) is 16.8. The van der Waals surface area contributed by atoms with Crippen molar-refractivity contribution in [1.29, 1.82) is 0 Å². The number of likely N-dealkylation sites (N-methyl/N-ethyl adjacent to an activating group) is 2. The molecule has 6 nitrogen and oxygen atoms in total. The first-order chi connectivity index (χ1) is 10.3. The average molecular weight is 327 g/mol. The summed E-state index contributed by atoms with van der Waals surface area (Å²) in [7, 11) is -0.0615. The minimum atomic E-state index is -3.58. The number of benzene rings is 1. The number of sulfonamides is 1. The second kappa shape index (κ2) is 8.26. The van der Waals surface area contributed by atoms with E-state index in [4.69, 9.17) is 0 Å². The van der Waals surface area contributed by atoms with Crippen LogP contribution < -0.4 is 10.0 Å². The van der Waals surface area contributed by atoms with Gasteiger partial charge in [-0.2, -0.15) is 0 Å². The van der Waals surface area contributed by atoms with E-state index in [1.165, 1.54) is 0 Å². The first-order valence-corrected chi connectivity index (χ1v) is 8.71. The maximum absolute atomic E-state index is 12.3. The van der Waals surface area contributed by atoms with Gasteiger partial charge in [-0.25, -0.2) is 13.1 Å². The molecular formula is C15H25N3O3S. The number of nitrogens with zero attached hydrogens (tertiary/aromatic N) is 1. The van der Waals surface area contributed by atoms with Crippen molar-refractivity contribution in [2.45, 2.75) is 25.2 Å². The van der Waals surface area contributed by atoms with Crippen LogP contribution in [0.25, 0.3) is 0 Å². The van der Waals surface area contributed by atoms with E-state index >= 15 is 0 Å². The van der Waals surface area contributed by atoms with Gasteiger partial charge in [-0.05, 0) is 38.1 Å². The minimum Gasteiger partial charge on any atom is -0.344 e. The largest absolute Gasteiger partial charge is 0.344 e. The Labute approximate surface area is 132 Å². The third-order valence-corrected chi connectivity index (χ3v) is 4.99. The standard InChI is InChI=1S/C15H25N3O3S/c1-12-5-6-13(2)14(11-12)22(20,21)17-8-7-15(19)18(4)10-9-16-3/h5-6,11,16-17H,7-10H2,1-4H3. The molecule has 0 radical (unpaired) electrons. The molecule has 0 fully saturated rings. The topological polar surface area (TPSA) is 78.5 Å². The molecule has 0 atom stereocenters. The second-order valence-corrected chi connectivity index (χ2v) is 7.07. The SMILES string of the molecule is CNCCN(C)C(=O)CCNS(=O)(=O)c1cc(C)ccc1C. The van der Waals surface area contributed by atoms with E-state index in [0.29, 0.717) is 18.7 Å². The van der Waals surface area contributed by atoms with Crippen molar-refractivity contribution >= 4 is 15.9 Å². The smallest absolute Gasteiger partial charge is 0.240 e. The lowest BCUT2D eigenvalue weighted by Gasteiger charge is -2.17. The number of nitrogens with one attached hydrogen (secondary N) is 2. The highest BCUT2D eigenvalue weighted by Crippen LogP contribution is 2.16. The summed E-state index contributed by atoms with van der Waals surface area (Å²) in [4.78, 5) is 13.7. The van der Waals surface area contributed by atoms with Gasteiger partial charge in [0.2, 0.25) is 15.9 Å². The van der Waals surface area contributed by atoms with E-state index in [1.54, 1.807) is 31.0 Å². The molecule has 0 saturated carbocycles. The van der Waals surface area contributed by atoms with Gasteiger partial charge in [0.15, 0.2) is 0 Å². The number of rotatable bonds is 8. The average Bonchev–Trinajstić information content (AvgIpc) is 2.46. The monoisotopic (exact) mass is 327 g/mol. The van der Waals surface area contributed by atoms with Crippen molar-refractivity contribution in [3.8, 4) is 0 Å². The molecule has 124 valence electrons. The van der Waals surface area contributed by atoms with Crippen LogP contribution in [-0.4, -0.2) is 53.0 Å². The molecule has 0 unspecified atom stereocenters. The van der Waals surface area contributed by atoms with Crippen LogP contribution >= 0.6 is 0 Å². The van der Waals surface area contributed by atoms with Crippen LogP contribution in [0.4, 0.5) is 0 Å². The Morgan fingerprint density at radius 3 is 2.55 bits per heavy atom. The zero-order valence-electron chi connectivity index (χ0n) is 13.6. The highest BCUT2D eigenvalue weighted by atomic mass is 32.2. The van der Waals surface area contributed by atoms with Crippen LogP contribution in [0.15, 0.2) is 23.1 Å². The van der Waals surface area contributed by atoms with E-state index in [0.717, 1.165) is 5.56 Å². The Hall–Kier alpha value is -1.44. The van der Waals surface area contributed by atoms with E-state index in [2.05, 4.69) is 10.0 Å². The predicted molar refractivity (Wildman–Crippen MR) is 87.3 cm³/mol. The highest BCUT2D eigenvalue weighted by molar-refractivity contribution is 7.89. The summed E-state index contributed by atoms with van der Waals surface area (Å²) < 4.78 is 27.1. The lowest BCUT2D eigenvalue weighted by atomic mass is 10.2. The van der Waals surface area contributed by atoms with E-state index in [9.17, 15) is 13.2 Å². The Morgan fingerprint density at radius 1 is 1.23 bits per heavy atom. The van der Waals surface area contributed by atoms with Crippen LogP contribution in [0.1, 0.15) is 17.5 Å². The molecule has 0 aliphatic carbocycles. The van der Waals surface area contributed by atoms with Gasteiger partial charge in [0.25, 0.3) is 0 Å². The molecule has 0 spiro atoms. The van der Waals surface area contributed by atoms with Crippen LogP contribution in [0.3, 0.4) is 0 Å². The normalized spacial score (nSPS) is 11.5. The van der Waals surface area contributed by atoms with Gasteiger partial charge < -0.3 is 10.2 Å². The van der Waals surface area contributed by atoms with E-state index < -0.39 is 10.0 Å². The molecule has 22 heavy (non-hydrogen) atoms. The second-order valence-electron chi connectivity index (χ2n) is 5.34. The molecule has 2 N–H and O–H groups in total. The van der Waals surface area contributed by atoms with Gasteiger partial charge in [-0.1, -0.05) is 12.1 Å². The third-order valence-electron chi connectivity index (χ3n) is 3.39. The lowest BCUT2D eigenvalue weighted by Crippen LogP contribution is -2.35. The number of amides is 1. The maximum Gasteiger partial charge on any atom is 0.240 e. The molecule has 0 saturated heterocycles. The van der Waals surface area contributed by atoms with Crippen molar-refractivity contribution < 1.29 is 13.2 Å². The van der Waals surface area contributed by atoms with Gasteiger partial charge in [0, 0.05) is 33.1 Å². The molecule has 0 bridgehead atoms. The summed E-state index contributed by atoms with van der Waals surface area (Å²) in [5, 5.41) is 2.96. The molecule has 0 aromatic heterocycles. The molecule has 0 heterocycles. The summed E-state index contributed by atoms with van der Waals surface area (Å²) in [6.07, 6.45) is 0.143. The Bertz CT molecular complexity index is 614. The van der Waals surface area contributed by atoms with Gasteiger partial charge in [-0.15, -0.1) is 0 Å². The number of carbonyl (C=O) groups excluding carboxylic acids is 1. The maximum atomic E-state index is 12.3. The number of hydrogen-bond acceptors (Lipinski definition) is 4. The Kier molecular flexibility index (Phi) is 6.99. The summed E-state index contributed by atoms with van der Waals surface area (Å²) in [5.74, 6) is -0.0843. The molecular weight excluding hydrogens is 302 g/mol. The third kappa shape index (κ3) is 5.40. The van der Waals surface area contributed by atoms with Crippen LogP contribution in [0, 0.1) is 13.8 Å². The molecule has 1 amide bonds. The Balaban J connectivity index is 2.60. The summed E-state index contributed by atoms with van der Waals surface area (Å²) in [6, 6.07) is 5.29. The van der Waals surface area contributed by atoms with Crippen molar-refractivity contribution in [2.75, 3.05) is 33.7 Å². The lowest BCUT2D eigenvalue weighted by molar-refractivity contribution is -0.129. The number of carbonyl (C=O) groups is 1. The summed E-state index contributed by atoms with van der Waals surface area (Å²) in [6.45, 7) is 5.00. The predicted octanol–water partition coefficient (Wildman–Crippen LogP) is 0.650.